The molecule has 0 radical (unpaired) electrons. The van der Waals surface area contributed by atoms with E-state index < -0.39 is 6.10 Å². The Balaban J connectivity index is 4.39. The second-order valence-corrected chi connectivity index (χ2v) is 19.5. The Morgan fingerprint density at radius 3 is 0.925 bits per heavy atom. The molecular weight excluding hydrogens is 829 g/mol. The van der Waals surface area contributed by atoms with Crippen LogP contribution in [0.5, 0.6) is 0 Å². The quantitative estimate of drug-likeness (QED) is 0.0262. The fourth-order valence-electron chi connectivity index (χ4n) is 8.37. The molecule has 0 amide bonds. The maximum Gasteiger partial charge on any atom is 0.306 e. The third kappa shape index (κ3) is 54.2. The van der Waals surface area contributed by atoms with Crippen LogP contribution in [0.1, 0.15) is 303 Å². The molecule has 0 aliphatic heterocycles. The van der Waals surface area contributed by atoms with Gasteiger partial charge in [0, 0.05) is 19.3 Å². The van der Waals surface area contributed by atoms with E-state index >= 15 is 0 Å². The molecule has 0 saturated heterocycles. The van der Waals surface area contributed by atoms with Gasteiger partial charge >= 0.3 is 17.9 Å². The van der Waals surface area contributed by atoms with E-state index in [2.05, 4.69) is 63.3 Å². The number of hydrogen-bond donors (Lipinski definition) is 0. The van der Waals surface area contributed by atoms with Crippen LogP contribution >= 0.6 is 0 Å². The first-order valence-corrected chi connectivity index (χ1v) is 29.1. The molecule has 6 heteroatoms. The van der Waals surface area contributed by atoms with Crippen molar-refractivity contribution in [2.75, 3.05) is 13.2 Å². The topological polar surface area (TPSA) is 78.9 Å². The molecule has 0 fully saturated rings. The zero-order valence-corrected chi connectivity index (χ0v) is 44.7. The second-order valence-electron chi connectivity index (χ2n) is 19.5. The number of ether oxygens (including phenoxy) is 3. The molecular formula is C61H110O6. The molecule has 67 heavy (non-hydrogen) atoms. The summed E-state index contributed by atoms with van der Waals surface area (Å²) >= 11 is 0. The first kappa shape index (κ1) is 64.4. The molecule has 0 N–H and O–H groups in total. The van der Waals surface area contributed by atoms with Crippen molar-refractivity contribution in [3.8, 4) is 0 Å². The highest BCUT2D eigenvalue weighted by atomic mass is 16.6. The number of hydrogen-bond acceptors (Lipinski definition) is 6. The third-order valence-electron chi connectivity index (χ3n) is 12.8. The molecule has 0 spiro atoms. The van der Waals surface area contributed by atoms with E-state index in [-0.39, 0.29) is 37.5 Å². The van der Waals surface area contributed by atoms with Crippen LogP contribution in [-0.2, 0) is 28.6 Å². The molecule has 0 heterocycles. The summed E-state index contributed by atoms with van der Waals surface area (Å²) in [4.78, 5) is 38.1. The Kier molecular flexibility index (Phi) is 53.8. The van der Waals surface area contributed by atoms with E-state index in [1.807, 2.05) is 6.08 Å². The van der Waals surface area contributed by atoms with Gasteiger partial charge in [0.25, 0.3) is 0 Å². The van der Waals surface area contributed by atoms with Crippen molar-refractivity contribution in [2.45, 2.75) is 309 Å². The van der Waals surface area contributed by atoms with Gasteiger partial charge in [-0.1, -0.05) is 243 Å². The minimum atomic E-state index is -0.799. The standard InChI is InChI=1S/C61H110O6/c1-4-7-10-13-16-19-22-25-27-29-30-32-33-36-39-42-45-48-51-54-60(63)66-57-58(56-65-59(62)53-50-47-44-41-38-35-24-21-18-15-12-9-6-3)67-61(64)55-52-49-46-43-40-37-34-31-28-26-23-20-17-14-11-8-5-2/h26,28-30,35,38,44,47,58H,4-25,27,31-34,36-37,39-43,45-46,48-57H2,1-3H3/b28-26-,30-29-,38-35-,47-44-. The van der Waals surface area contributed by atoms with Gasteiger partial charge in [-0.15, -0.1) is 0 Å². The molecule has 1 unspecified atom stereocenters. The van der Waals surface area contributed by atoms with E-state index in [1.165, 1.54) is 205 Å². The lowest BCUT2D eigenvalue weighted by Crippen LogP contribution is -2.30. The molecule has 0 saturated carbocycles. The molecule has 0 rings (SSSR count). The van der Waals surface area contributed by atoms with Gasteiger partial charge in [-0.05, 0) is 89.9 Å². The summed E-state index contributed by atoms with van der Waals surface area (Å²) in [6.07, 6.45) is 68.3. The van der Waals surface area contributed by atoms with Gasteiger partial charge in [0.1, 0.15) is 13.2 Å². The molecule has 0 aliphatic rings. The summed E-state index contributed by atoms with van der Waals surface area (Å²) in [7, 11) is 0. The highest BCUT2D eigenvalue weighted by Gasteiger charge is 2.19. The van der Waals surface area contributed by atoms with Crippen LogP contribution in [-0.4, -0.2) is 37.2 Å². The van der Waals surface area contributed by atoms with E-state index in [9.17, 15) is 14.4 Å². The molecule has 390 valence electrons. The average Bonchev–Trinajstić information content (AvgIpc) is 3.33. The monoisotopic (exact) mass is 939 g/mol. The maximum atomic E-state index is 12.8. The number of unbranched alkanes of at least 4 members (excludes halogenated alkanes) is 34. The Hall–Kier alpha value is -2.63. The molecule has 1 atom stereocenters. The van der Waals surface area contributed by atoms with E-state index in [0.717, 1.165) is 51.4 Å². The summed E-state index contributed by atoms with van der Waals surface area (Å²) in [6, 6.07) is 0. The van der Waals surface area contributed by atoms with Gasteiger partial charge in [0.15, 0.2) is 6.10 Å². The lowest BCUT2D eigenvalue weighted by molar-refractivity contribution is -0.166. The Labute approximate surface area is 416 Å². The van der Waals surface area contributed by atoms with Gasteiger partial charge < -0.3 is 14.2 Å². The van der Waals surface area contributed by atoms with E-state index in [1.54, 1.807) is 0 Å². The predicted molar refractivity (Wildman–Crippen MR) is 289 cm³/mol. The van der Waals surface area contributed by atoms with E-state index in [4.69, 9.17) is 14.2 Å². The Bertz CT molecular complexity index is 1170. The number of carbonyl (C=O) groups is 3. The Morgan fingerprint density at radius 1 is 0.299 bits per heavy atom. The predicted octanol–water partition coefficient (Wildman–Crippen LogP) is 19.4. The van der Waals surface area contributed by atoms with Crippen LogP contribution in [0.2, 0.25) is 0 Å². The highest BCUT2D eigenvalue weighted by molar-refractivity contribution is 5.71. The van der Waals surface area contributed by atoms with Crippen molar-refractivity contribution in [3.63, 3.8) is 0 Å². The van der Waals surface area contributed by atoms with Crippen LogP contribution < -0.4 is 0 Å². The smallest absolute Gasteiger partial charge is 0.306 e. The van der Waals surface area contributed by atoms with Gasteiger partial charge in [0.2, 0.25) is 0 Å². The summed E-state index contributed by atoms with van der Waals surface area (Å²) in [6.45, 7) is 6.60. The first-order valence-electron chi connectivity index (χ1n) is 29.1. The molecule has 0 aromatic rings. The lowest BCUT2D eigenvalue weighted by atomic mass is 10.1. The first-order chi connectivity index (χ1) is 33.0. The van der Waals surface area contributed by atoms with Gasteiger partial charge in [-0.25, -0.2) is 0 Å². The Morgan fingerprint density at radius 2 is 0.567 bits per heavy atom. The van der Waals surface area contributed by atoms with Crippen molar-refractivity contribution in [2.24, 2.45) is 0 Å². The highest BCUT2D eigenvalue weighted by Crippen LogP contribution is 2.15. The molecule has 6 nitrogen and oxygen atoms in total. The number of rotatable bonds is 53. The van der Waals surface area contributed by atoms with Gasteiger partial charge in [0.05, 0.1) is 0 Å². The van der Waals surface area contributed by atoms with Crippen LogP contribution in [0, 0.1) is 0 Å². The van der Waals surface area contributed by atoms with Crippen LogP contribution in [0.15, 0.2) is 48.6 Å². The third-order valence-corrected chi connectivity index (χ3v) is 12.8. The summed E-state index contributed by atoms with van der Waals surface area (Å²) in [5, 5.41) is 0. The lowest BCUT2D eigenvalue weighted by Gasteiger charge is -2.18. The van der Waals surface area contributed by atoms with Gasteiger partial charge in [-0.2, -0.15) is 0 Å². The minimum absolute atomic E-state index is 0.0926. The van der Waals surface area contributed by atoms with Crippen LogP contribution in [0.25, 0.3) is 0 Å². The molecule has 0 aromatic heterocycles. The van der Waals surface area contributed by atoms with Crippen molar-refractivity contribution >= 4 is 17.9 Å². The van der Waals surface area contributed by atoms with Crippen LogP contribution in [0.4, 0.5) is 0 Å². The van der Waals surface area contributed by atoms with Crippen LogP contribution in [0.3, 0.4) is 0 Å². The fourth-order valence-corrected chi connectivity index (χ4v) is 8.37. The zero-order chi connectivity index (χ0) is 48.6. The molecule has 0 aliphatic carbocycles. The average molecular weight is 940 g/mol. The van der Waals surface area contributed by atoms with Gasteiger partial charge in [-0.3, -0.25) is 14.4 Å². The zero-order valence-electron chi connectivity index (χ0n) is 44.7. The summed E-state index contributed by atoms with van der Waals surface area (Å²) in [5.74, 6) is -0.959. The number of carbonyl (C=O) groups excluding carboxylic acids is 3. The fraction of sp³-hybridized carbons (Fsp3) is 0.820. The maximum absolute atomic E-state index is 12.8. The van der Waals surface area contributed by atoms with Crippen molar-refractivity contribution in [1.29, 1.82) is 0 Å². The summed E-state index contributed by atoms with van der Waals surface area (Å²) in [5.41, 5.74) is 0. The number of esters is 3. The second kappa shape index (κ2) is 56.0. The number of allylic oxidation sites excluding steroid dienone is 8. The largest absolute Gasteiger partial charge is 0.462 e. The van der Waals surface area contributed by atoms with E-state index in [0.29, 0.717) is 19.3 Å². The minimum Gasteiger partial charge on any atom is -0.462 e. The molecule has 0 aromatic carbocycles. The molecule has 0 bridgehead atoms. The SMILES string of the molecule is CCCCCCCC/C=C\C/C=C\CCC(=O)OCC(COC(=O)CCCCCCCCC/C=C\CCCCCCCCCC)OC(=O)CCCCCCCCC/C=C\CCCCCCCC. The summed E-state index contributed by atoms with van der Waals surface area (Å²) < 4.78 is 16.8. The normalized spacial score (nSPS) is 12.3. The van der Waals surface area contributed by atoms with Crippen molar-refractivity contribution in [1.82, 2.24) is 0 Å². The van der Waals surface area contributed by atoms with Crippen molar-refractivity contribution < 1.29 is 28.6 Å². The van der Waals surface area contributed by atoms with Crippen molar-refractivity contribution in [3.05, 3.63) is 48.6 Å².